The fourth-order valence-electron chi connectivity index (χ4n) is 3.28. The number of hydrogen-bond donors (Lipinski definition) is 2. The first kappa shape index (κ1) is 19.7. The molecular formula is C18H26ClN3O3. The molecule has 2 aliphatic heterocycles. The summed E-state index contributed by atoms with van der Waals surface area (Å²) in [4.78, 5) is 26.1. The fraction of sp³-hybridized carbons (Fsp3) is 0.556. The largest absolute Gasteiger partial charge is 0.375 e. The number of likely N-dealkylation sites (tertiary alicyclic amines) is 1. The number of halogens is 1. The molecule has 0 aromatic heterocycles. The lowest BCUT2D eigenvalue weighted by molar-refractivity contribution is -0.129. The number of ether oxygens (including phenoxy) is 1. The minimum atomic E-state index is -0.314. The number of rotatable bonds is 5. The van der Waals surface area contributed by atoms with Crippen molar-refractivity contribution in [2.75, 3.05) is 19.7 Å². The molecule has 0 bridgehead atoms. The molecule has 0 radical (unpaired) electrons. The summed E-state index contributed by atoms with van der Waals surface area (Å²) in [5.74, 6) is 0.167. The van der Waals surface area contributed by atoms with Crippen LogP contribution in [-0.4, -0.2) is 48.6 Å². The van der Waals surface area contributed by atoms with E-state index in [0.717, 1.165) is 24.1 Å². The number of nitrogens with one attached hydrogen (secondary N) is 2. The highest BCUT2D eigenvalue weighted by atomic mass is 35.5. The van der Waals surface area contributed by atoms with Crippen LogP contribution >= 0.6 is 12.4 Å². The SMILES string of the molecule is C[C@H]1OCCN[C@@H]1C(=O)NCc1ccccc1CN1CCCC1=O.Cl. The van der Waals surface area contributed by atoms with E-state index >= 15 is 0 Å². The lowest BCUT2D eigenvalue weighted by atomic mass is 10.1. The molecular weight excluding hydrogens is 342 g/mol. The molecule has 138 valence electrons. The van der Waals surface area contributed by atoms with E-state index in [1.165, 1.54) is 0 Å². The third kappa shape index (κ3) is 4.93. The summed E-state index contributed by atoms with van der Waals surface area (Å²) < 4.78 is 5.52. The molecule has 0 unspecified atom stereocenters. The Morgan fingerprint density at radius 1 is 1.36 bits per heavy atom. The maximum Gasteiger partial charge on any atom is 0.240 e. The predicted molar refractivity (Wildman–Crippen MR) is 97.4 cm³/mol. The summed E-state index contributed by atoms with van der Waals surface area (Å²) >= 11 is 0. The van der Waals surface area contributed by atoms with E-state index in [4.69, 9.17) is 4.74 Å². The molecule has 6 nitrogen and oxygen atoms in total. The van der Waals surface area contributed by atoms with Gasteiger partial charge < -0.3 is 20.3 Å². The summed E-state index contributed by atoms with van der Waals surface area (Å²) in [6, 6.07) is 7.65. The van der Waals surface area contributed by atoms with Crippen LogP contribution < -0.4 is 10.6 Å². The molecule has 0 spiro atoms. The molecule has 7 heteroatoms. The average molecular weight is 368 g/mol. The molecule has 0 aliphatic carbocycles. The van der Waals surface area contributed by atoms with Crippen LogP contribution in [0.5, 0.6) is 0 Å². The highest BCUT2D eigenvalue weighted by molar-refractivity contribution is 5.85. The Morgan fingerprint density at radius 2 is 2.12 bits per heavy atom. The lowest BCUT2D eigenvalue weighted by Gasteiger charge is -2.29. The first-order valence-electron chi connectivity index (χ1n) is 8.62. The molecule has 25 heavy (non-hydrogen) atoms. The van der Waals surface area contributed by atoms with Crippen LogP contribution in [0, 0.1) is 0 Å². The minimum Gasteiger partial charge on any atom is -0.375 e. The third-order valence-electron chi connectivity index (χ3n) is 4.70. The fourth-order valence-corrected chi connectivity index (χ4v) is 3.28. The van der Waals surface area contributed by atoms with Gasteiger partial charge in [0.05, 0.1) is 12.7 Å². The quantitative estimate of drug-likeness (QED) is 0.821. The first-order valence-corrected chi connectivity index (χ1v) is 8.62. The van der Waals surface area contributed by atoms with Crippen LogP contribution in [0.4, 0.5) is 0 Å². The molecule has 2 heterocycles. The zero-order valence-electron chi connectivity index (χ0n) is 14.5. The molecule has 2 atom stereocenters. The van der Waals surface area contributed by atoms with Crippen LogP contribution in [0.15, 0.2) is 24.3 Å². The van der Waals surface area contributed by atoms with Crippen molar-refractivity contribution in [3.63, 3.8) is 0 Å². The number of carbonyl (C=O) groups excluding carboxylic acids is 2. The average Bonchev–Trinajstić information content (AvgIpc) is 2.99. The Kier molecular flexibility index (Phi) is 7.23. The van der Waals surface area contributed by atoms with Crippen molar-refractivity contribution in [1.29, 1.82) is 0 Å². The van der Waals surface area contributed by atoms with Gasteiger partial charge in [-0.1, -0.05) is 24.3 Å². The minimum absolute atomic E-state index is 0. The molecule has 2 saturated heterocycles. The normalized spacial score (nSPS) is 23.2. The molecule has 2 aliphatic rings. The van der Waals surface area contributed by atoms with E-state index in [1.807, 2.05) is 36.1 Å². The second-order valence-corrected chi connectivity index (χ2v) is 6.41. The Morgan fingerprint density at radius 3 is 2.80 bits per heavy atom. The van der Waals surface area contributed by atoms with Gasteiger partial charge >= 0.3 is 0 Å². The molecule has 1 aromatic carbocycles. The predicted octanol–water partition coefficient (Wildman–Crippen LogP) is 1.22. The van der Waals surface area contributed by atoms with Gasteiger partial charge in [-0.05, 0) is 24.5 Å². The van der Waals surface area contributed by atoms with Gasteiger partial charge in [0, 0.05) is 32.6 Å². The van der Waals surface area contributed by atoms with E-state index < -0.39 is 0 Å². The highest BCUT2D eigenvalue weighted by Crippen LogP contribution is 2.17. The van der Waals surface area contributed by atoms with Crippen molar-refractivity contribution in [2.45, 2.75) is 45.0 Å². The maximum atomic E-state index is 12.4. The summed E-state index contributed by atoms with van der Waals surface area (Å²) in [7, 11) is 0. The van der Waals surface area contributed by atoms with E-state index in [9.17, 15) is 9.59 Å². The number of amides is 2. The number of carbonyl (C=O) groups is 2. The third-order valence-corrected chi connectivity index (χ3v) is 4.70. The summed E-state index contributed by atoms with van der Waals surface area (Å²) in [5, 5.41) is 6.18. The summed E-state index contributed by atoms with van der Waals surface area (Å²) in [5.41, 5.74) is 2.14. The zero-order valence-corrected chi connectivity index (χ0v) is 15.3. The van der Waals surface area contributed by atoms with Gasteiger partial charge in [-0.3, -0.25) is 9.59 Å². The number of benzene rings is 1. The topological polar surface area (TPSA) is 70.7 Å². The van der Waals surface area contributed by atoms with E-state index in [-0.39, 0.29) is 36.4 Å². The van der Waals surface area contributed by atoms with Gasteiger partial charge in [0.2, 0.25) is 11.8 Å². The summed E-state index contributed by atoms with van der Waals surface area (Å²) in [6.45, 7) is 5.13. The lowest BCUT2D eigenvalue weighted by Crippen LogP contribution is -2.55. The number of nitrogens with zero attached hydrogens (tertiary/aromatic N) is 1. The molecule has 3 rings (SSSR count). The van der Waals surface area contributed by atoms with Gasteiger partial charge in [-0.25, -0.2) is 0 Å². The van der Waals surface area contributed by atoms with Crippen molar-refractivity contribution in [3.8, 4) is 0 Å². The van der Waals surface area contributed by atoms with E-state index in [1.54, 1.807) is 0 Å². The standard InChI is InChI=1S/C18H25N3O3.ClH/c1-13-17(19-8-10-24-13)18(23)20-11-14-5-2-3-6-15(14)12-21-9-4-7-16(21)22;/h2-3,5-6,13,17,19H,4,7-12H2,1H3,(H,20,23);1H/t13-,17+;/m1./s1. The van der Waals surface area contributed by atoms with Gasteiger partial charge in [0.1, 0.15) is 6.04 Å². The maximum absolute atomic E-state index is 12.4. The van der Waals surface area contributed by atoms with Gasteiger partial charge in [-0.2, -0.15) is 0 Å². The molecule has 0 saturated carbocycles. The Bertz CT molecular complexity index is 611. The Balaban J connectivity index is 0.00000225. The van der Waals surface area contributed by atoms with Crippen LogP contribution in [0.2, 0.25) is 0 Å². The second-order valence-electron chi connectivity index (χ2n) is 6.41. The second kappa shape index (κ2) is 9.17. The Hall–Kier alpha value is -1.63. The first-order chi connectivity index (χ1) is 11.6. The molecule has 2 amide bonds. The Labute approximate surface area is 154 Å². The van der Waals surface area contributed by atoms with Crippen molar-refractivity contribution in [1.82, 2.24) is 15.5 Å². The molecule has 2 N–H and O–H groups in total. The van der Waals surface area contributed by atoms with Crippen molar-refractivity contribution in [3.05, 3.63) is 35.4 Å². The van der Waals surface area contributed by atoms with Crippen molar-refractivity contribution < 1.29 is 14.3 Å². The van der Waals surface area contributed by atoms with E-state index in [0.29, 0.717) is 32.7 Å². The van der Waals surface area contributed by atoms with Gasteiger partial charge in [-0.15, -0.1) is 12.4 Å². The highest BCUT2D eigenvalue weighted by Gasteiger charge is 2.28. The van der Waals surface area contributed by atoms with Gasteiger partial charge in [0.15, 0.2) is 0 Å². The van der Waals surface area contributed by atoms with Gasteiger partial charge in [0.25, 0.3) is 0 Å². The van der Waals surface area contributed by atoms with Crippen molar-refractivity contribution >= 4 is 24.2 Å². The number of hydrogen-bond acceptors (Lipinski definition) is 4. The zero-order chi connectivity index (χ0) is 16.9. The molecule has 2 fully saturated rings. The van der Waals surface area contributed by atoms with Crippen molar-refractivity contribution in [2.24, 2.45) is 0 Å². The van der Waals surface area contributed by atoms with Crippen LogP contribution in [0.1, 0.15) is 30.9 Å². The van der Waals surface area contributed by atoms with E-state index in [2.05, 4.69) is 10.6 Å². The molecule has 1 aromatic rings. The summed E-state index contributed by atoms with van der Waals surface area (Å²) in [6.07, 6.45) is 1.45. The smallest absolute Gasteiger partial charge is 0.240 e. The van der Waals surface area contributed by atoms with Crippen LogP contribution in [0.25, 0.3) is 0 Å². The van der Waals surface area contributed by atoms with Crippen LogP contribution in [0.3, 0.4) is 0 Å². The monoisotopic (exact) mass is 367 g/mol. The van der Waals surface area contributed by atoms with Crippen LogP contribution in [-0.2, 0) is 27.4 Å². The number of morpholine rings is 1.